The Balaban J connectivity index is 1.80. The first-order valence-electron chi connectivity index (χ1n) is 6.68. The van der Waals surface area contributed by atoms with Crippen molar-refractivity contribution in [1.82, 2.24) is 5.32 Å². The second-order valence-corrected chi connectivity index (χ2v) is 4.59. The molecule has 0 radical (unpaired) electrons. The van der Waals surface area contributed by atoms with Gasteiger partial charge in [-0.05, 0) is 12.0 Å². The Bertz CT molecular complexity index is 460. The molecule has 1 amide bonds. The van der Waals surface area contributed by atoms with Crippen LogP contribution in [0.3, 0.4) is 0 Å². The van der Waals surface area contributed by atoms with Gasteiger partial charge >= 0.3 is 6.09 Å². The zero-order valence-electron chi connectivity index (χ0n) is 11.4. The number of alkyl carbamates (subject to hydrolysis) is 1. The highest BCUT2D eigenvalue weighted by Gasteiger charge is 2.26. The number of nitrogens with one attached hydrogen (secondary N) is 1. The lowest BCUT2D eigenvalue weighted by Crippen LogP contribution is -2.46. The van der Waals surface area contributed by atoms with E-state index >= 15 is 0 Å². The van der Waals surface area contributed by atoms with Crippen molar-refractivity contribution in [2.45, 2.75) is 38.4 Å². The van der Waals surface area contributed by atoms with Crippen LogP contribution < -0.4 is 5.32 Å². The van der Waals surface area contributed by atoms with Crippen molar-refractivity contribution in [2.24, 2.45) is 0 Å². The number of ether oxygens (including phenoxy) is 2. The SMILES string of the molecule is CCC1C=CC(NC(=O)OCc2ccccc2)C(O)O1. The summed E-state index contributed by atoms with van der Waals surface area (Å²) in [5.41, 5.74) is 0.907. The van der Waals surface area contributed by atoms with Crippen molar-refractivity contribution in [3.05, 3.63) is 48.0 Å². The molecular formula is C15H19NO4. The summed E-state index contributed by atoms with van der Waals surface area (Å²) in [4.78, 5) is 11.6. The van der Waals surface area contributed by atoms with Gasteiger partial charge < -0.3 is 19.9 Å². The molecule has 0 aromatic heterocycles. The minimum Gasteiger partial charge on any atom is -0.445 e. The Morgan fingerprint density at radius 2 is 2.10 bits per heavy atom. The van der Waals surface area contributed by atoms with Gasteiger partial charge in [-0.1, -0.05) is 49.4 Å². The molecule has 3 unspecified atom stereocenters. The maximum Gasteiger partial charge on any atom is 0.408 e. The Hall–Kier alpha value is -1.85. The van der Waals surface area contributed by atoms with E-state index < -0.39 is 18.4 Å². The minimum absolute atomic E-state index is 0.108. The number of aliphatic hydroxyl groups excluding tert-OH is 1. The molecule has 108 valence electrons. The van der Waals surface area contributed by atoms with Gasteiger partial charge in [-0.2, -0.15) is 0 Å². The van der Waals surface area contributed by atoms with Crippen LogP contribution in [0.1, 0.15) is 18.9 Å². The Morgan fingerprint density at radius 1 is 1.35 bits per heavy atom. The quantitative estimate of drug-likeness (QED) is 0.826. The summed E-state index contributed by atoms with van der Waals surface area (Å²) in [7, 11) is 0. The first kappa shape index (κ1) is 14.6. The summed E-state index contributed by atoms with van der Waals surface area (Å²) >= 11 is 0. The molecule has 2 rings (SSSR count). The summed E-state index contributed by atoms with van der Waals surface area (Å²) in [6.45, 7) is 2.15. The van der Waals surface area contributed by atoms with Crippen molar-refractivity contribution in [2.75, 3.05) is 0 Å². The molecule has 1 aliphatic heterocycles. The Labute approximate surface area is 118 Å². The molecule has 0 fully saturated rings. The molecule has 5 nitrogen and oxygen atoms in total. The number of hydrogen-bond donors (Lipinski definition) is 2. The summed E-state index contributed by atoms with van der Waals surface area (Å²) in [6.07, 6.45) is 2.60. The highest BCUT2D eigenvalue weighted by molar-refractivity contribution is 5.68. The molecule has 0 aliphatic carbocycles. The van der Waals surface area contributed by atoms with Crippen LogP contribution in [0.15, 0.2) is 42.5 Å². The second kappa shape index (κ2) is 7.07. The fourth-order valence-corrected chi connectivity index (χ4v) is 1.90. The van der Waals surface area contributed by atoms with Crippen LogP contribution in [0, 0.1) is 0 Å². The van der Waals surface area contributed by atoms with E-state index in [4.69, 9.17) is 9.47 Å². The van der Waals surface area contributed by atoms with E-state index in [1.165, 1.54) is 0 Å². The summed E-state index contributed by atoms with van der Waals surface area (Å²) in [6, 6.07) is 8.82. The van der Waals surface area contributed by atoms with Crippen LogP contribution in [-0.2, 0) is 16.1 Å². The molecular weight excluding hydrogens is 258 g/mol. The molecule has 1 aromatic rings. The summed E-state index contributed by atoms with van der Waals surface area (Å²) in [5.74, 6) is 0. The summed E-state index contributed by atoms with van der Waals surface area (Å²) < 4.78 is 10.4. The number of rotatable bonds is 4. The number of aliphatic hydroxyl groups is 1. The molecule has 1 aromatic carbocycles. The lowest BCUT2D eigenvalue weighted by molar-refractivity contribution is -0.139. The third kappa shape index (κ3) is 4.08. The van der Waals surface area contributed by atoms with Crippen LogP contribution in [0.2, 0.25) is 0 Å². The van der Waals surface area contributed by atoms with E-state index in [-0.39, 0.29) is 12.7 Å². The average Bonchev–Trinajstić information content (AvgIpc) is 2.48. The molecule has 0 saturated heterocycles. The maximum absolute atomic E-state index is 11.6. The predicted octanol–water partition coefficient (Wildman–Crippen LogP) is 1.96. The highest BCUT2D eigenvalue weighted by atomic mass is 16.6. The van der Waals surface area contributed by atoms with Crippen molar-refractivity contribution < 1.29 is 19.4 Å². The van der Waals surface area contributed by atoms with Gasteiger partial charge in [0.05, 0.1) is 6.10 Å². The Morgan fingerprint density at radius 3 is 2.75 bits per heavy atom. The Kier molecular flexibility index (Phi) is 5.15. The van der Waals surface area contributed by atoms with Crippen molar-refractivity contribution in [3.63, 3.8) is 0 Å². The normalized spacial score (nSPS) is 25.2. The van der Waals surface area contributed by atoms with Gasteiger partial charge in [0.1, 0.15) is 12.6 Å². The van der Waals surface area contributed by atoms with Crippen LogP contribution in [0.5, 0.6) is 0 Å². The molecule has 20 heavy (non-hydrogen) atoms. The van der Waals surface area contributed by atoms with Gasteiger partial charge in [-0.25, -0.2) is 4.79 Å². The lowest BCUT2D eigenvalue weighted by Gasteiger charge is -2.28. The van der Waals surface area contributed by atoms with E-state index in [0.29, 0.717) is 0 Å². The summed E-state index contributed by atoms with van der Waals surface area (Å²) in [5, 5.41) is 12.3. The molecule has 0 bridgehead atoms. The standard InChI is InChI=1S/C15H19NO4/c1-2-12-8-9-13(14(17)20-12)16-15(18)19-10-11-6-4-3-5-7-11/h3-9,12-14,17H,2,10H2,1H3,(H,16,18). The molecule has 1 heterocycles. The van der Waals surface area contributed by atoms with Gasteiger partial charge in [0.2, 0.25) is 0 Å². The van der Waals surface area contributed by atoms with Gasteiger partial charge in [0, 0.05) is 0 Å². The average molecular weight is 277 g/mol. The largest absolute Gasteiger partial charge is 0.445 e. The van der Waals surface area contributed by atoms with Gasteiger partial charge in [0.25, 0.3) is 0 Å². The second-order valence-electron chi connectivity index (χ2n) is 4.59. The van der Waals surface area contributed by atoms with Gasteiger partial charge in [0.15, 0.2) is 6.29 Å². The number of carbonyl (C=O) groups is 1. The fraction of sp³-hybridized carbons (Fsp3) is 0.400. The third-order valence-corrected chi connectivity index (χ3v) is 3.05. The first-order valence-corrected chi connectivity index (χ1v) is 6.68. The number of carbonyl (C=O) groups excluding carboxylic acids is 1. The van der Waals surface area contributed by atoms with Crippen LogP contribution in [-0.4, -0.2) is 29.6 Å². The van der Waals surface area contributed by atoms with E-state index in [2.05, 4.69) is 5.32 Å². The van der Waals surface area contributed by atoms with Crippen LogP contribution >= 0.6 is 0 Å². The molecule has 5 heteroatoms. The van der Waals surface area contributed by atoms with Gasteiger partial charge in [-0.15, -0.1) is 0 Å². The fourth-order valence-electron chi connectivity index (χ4n) is 1.90. The van der Waals surface area contributed by atoms with Gasteiger partial charge in [-0.3, -0.25) is 0 Å². The number of benzene rings is 1. The van der Waals surface area contributed by atoms with Crippen molar-refractivity contribution >= 4 is 6.09 Å². The third-order valence-electron chi connectivity index (χ3n) is 3.05. The van der Waals surface area contributed by atoms with E-state index in [1.807, 2.05) is 43.3 Å². The number of amides is 1. The van der Waals surface area contributed by atoms with Crippen molar-refractivity contribution in [3.8, 4) is 0 Å². The predicted molar refractivity (Wildman–Crippen MR) is 73.9 cm³/mol. The maximum atomic E-state index is 11.6. The molecule has 1 aliphatic rings. The molecule has 2 N–H and O–H groups in total. The minimum atomic E-state index is -1.05. The highest BCUT2D eigenvalue weighted by Crippen LogP contribution is 2.13. The van der Waals surface area contributed by atoms with Crippen molar-refractivity contribution in [1.29, 1.82) is 0 Å². The molecule has 0 saturated carbocycles. The topological polar surface area (TPSA) is 67.8 Å². The number of hydrogen-bond acceptors (Lipinski definition) is 4. The smallest absolute Gasteiger partial charge is 0.408 e. The van der Waals surface area contributed by atoms with Crippen LogP contribution in [0.4, 0.5) is 4.79 Å². The zero-order chi connectivity index (χ0) is 14.4. The lowest BCUT2D eigenvalue weighted by atomic mass is 10.1. The zero-order valence-corrected chi connectivity index (χ0v) is 11.4. The molecule has 3 atom stereocenters. The molecule has 0 spiro atoms. The van der Waals surface area contributed by atoms with E-state index in [9.17, 15) is 9.90 Å². The van der Waals surface area contributed by atoms with E-state index in [0.717, 1.165) is 12.0 Å². The first-order chi connectivity index (χ1) is 9.69. The van der Waals surface area contributed by atoms with E-state index in [1.54, 1.807) is 6.08 Å². The van der Waals surface area contributed by atoms with Crippen LogP contribution in [0.25, 0.3) is 0 Å². The monoisotopic (exact) mass is 277 g/mol.